The smallest absolute Gasteiger partial charge is 0.161 e. The van der Waals surface area contributed by atoms with Gasteiger partial charge in [-0.25, -0.2) is 5.43 Å². The molecule has 3 N–H and O–H groups in total. The summed E-state index contributed by atoms with van der Waals surface area (Å²) < 4.78 is 9.33. The molecule has 1 aromatic heterocycles. The number of hydrazine groups is 1. The summed E-state index contributed by atoms with van der Waals surface area (Å²) in [7, 11) is 1.64. The molecular weight excluding hydrogens is 400 g/mol. The first-order chi connectivity index (χ1) is 10.1. The molecule has 0 amide bonds. The Bertz CT molecular complexity index is 615. The number of nitrogens with zero attached hydrogens (tertiary/aromatic N) is 2. The molecule has 5 nitrogen and oxygen atoms in total. The van der Waals surface area contributed by atoms with Crippen molar-refractivity contribution in [1.29, 1.82) is 0 Å². The van der Waals surface area contributed by atoms with E-state index < -0.39 is 0 Å². The zero-order chi connectivity index (χ0) is 15.4. The molecule has 0 aliphatic rings. The molecule has 0 spiro atoms. The van der Waals surface area contributed by atoms with Crippen molar-refractivity contribution in [2.75, 3.05) is 7.11 Å². The van der Waals surface area contributed by atoms with Crippen LogP contribution in [0.25, 0.3) is 0 Å². The molecule has 0 fully saturated rings. The fourth-order valence-electron chi connectivity index (χ4n) is 2.27. The van der Waals surface area contributed by atoms with Gasteiger partial charge in [0.2, 0.25) is 0 Å². The summed E-state index contributed by atoms with van der Waals surface area (Å²) >= 11 is 7.05. The molecule has 1 heterocycles. The van der Waals surface area contributed by atoms with Gasteiger partial charge in [0.15, 0.2) is 5.75 Å². The van der Waals surface area contributed by atoms with Gasteiger partial charge in [0.1, 0.15) is 5.69 Å². The highest BCUT2D eigenvalue weighted by molar-refractivity contribution is 9.11. The molecule has 114 valence electrons. The number of methoxy groups -OCH3 is 1. The summed E-state index contributed by atoms with van der Waals surface area (Å²) in [6, 6.07) is 5.78. The number of nitrogens with one attached hydrogen (secondary N) is 1. The first-order valence-electron chi connectivity index (χ1n) is 6.63. The van der Waals surface area contributed by atoms with Crippen LogP contribution in [0.2, 0.25) is 0 Å². The van der Waals surface area contributed by atoms with Gasteiger partial charge in [0, 0.05) is 15.5 Å². The molecule has 2 rings (SSSR count). The number of benzene rings is 1. The van der Waals surface area contributed by atoms with Crippen molar-refractivity contribution >= 4 is 31.9 Å². The van der Waals surface area contributed by atoms with Crippen LogP contribution in [0.5, 0.6) is 5.75 Å². The monoisotopic (exact) mass is 416 g/mol. The van der Waals surface area contributed by atoms with Crippen molar-refractivity contribution in [3.05, 3.63) is 44.6 Å². The minimum atomic E-state index is -0.212. The largest absolute Gasteiger partial charge is 0.493 e. The molecule has 2 aromatic rings. The second-order valence-electron chi connectivity index (χ2n) is 4.59. The van der Waals surface area contributed by atoms with Gasteiger partial charge in [-0.15, -0.1) is 0 Å². The quantitative estimate of drug-likeness (QED) is 0.558. The lowest BCUT2D eigenvalue weighted by molar-refractivity contribution is 0.398. The standard InChI is InChI=1S/C14H18Br2N4O/c1-3-6-20-14(12(21-2)8-18-20)13(19-17)10-5-4-9(15)7-11(10)16/h4-5,7-8,13,19H,3,6,17H2,1-2H3. The fourth-order valence-corrected chi connectivity index (χ4v) is 3.54. The van der Waals surface area contributed by atoms with Crippen LogP contribution in [0.1, 0.15) is 30.6 Å². The lowest BCUT2D eigenvalue weighted by Gasteiger charge is -2.20. The van der Waals surface area contributed by atoms with E-state index in [1.165, 1.54) is 0 Å². The number of hydrogen-bond donors (Lipinski definition) is 2. The van der Waals surface area contributed by atoms with Crippen LogP contribution in [-0.4, -0.2) is 16.9 Å². The third kappa shape index (κ3) is 3.48. The van der Waals surface area contributed by atoms with Crippen LogP contribution in [-0.2, 0) is 6.54 Å². The van der Waals surface area contributed by atoms with Gasteiger partial charge in [0.05, 0.1) is 19.3 Å². The first-order valence-corrected chi connectivity index (χ1v) is 8.21. The highest BCUT2D eigenvalue weighted by atomic mass is 79.9. The molecule has 0 bridgehead atoms. The molecule has 0 saturated carbocycles. The molecule has 7 heteroatoms. The fraction of sp³-hybridized carbons (Fsp3) is 0.357. The third-order valence-electron chi connectivity index (χ3n) is 3.21. The Hall–Kier alpha value is -0.890. The number of hydrogen-bond acceptors (Lipinski definition) is 4. The van der Waals surface area contributed by atoms with Gasteiger partial charge in [-0.1, -0.05) is 44.8 Å². The summed E-state index contributed by atoms with van der Waals surface area (Å²) in [5.41, 5.74) is 4.81. The second kappa shape index (κ2) is 7.40. The van der Waals surface area contributed by atoms with Gasteiger partial charge in [0.25, 0.3) is 0 Å². The Morgan fingerprint density at radius 2 is 2.19 bits per heavy atom. The van der Waals surface area contributed by atoms with Gasteiger partial charge >= 0.3 is 0 Å². The van der Waals surface area contributed by atoms with Crippen molar-refractivity contribution in [3.8, 4) is 5.75 Å². The molecular formula is C14H18Br2N4O. The normalized spacial score (nSPS) is 12.4. The molecule has 1 aromatic carbocycles. The van der Waals surface area contributed by atoms with E-state index in [1.54, 1.807) is 13.3 Å². The van der Waals surface area contributed by atoms with Crippen LogP contribution < -0.4 is 16.0 Å². The Morgan fingerprint density at radius 3 is 2.76 bits per heavy atom. The molecule has 0 saturated heterocycles. The number of aryl methyl sites for hydroxylation is 1. The summed E-state index contributed by atoms with van der Waals surface area (Å²) in [4.78, 5) is 0. The minimum absolute atomic E-state index is 0.212. The van der Waals surface area contributed by atoms with Crippen LogP contribution >= 0.6 is 31.9 Å². The van der Waals surface area contributed by atoms with Crippen molar-refractivity contribution in [2.24, 2.45) is 5.84 Å². The number of halogens is 2. The van der Waals surface area contributed by atoms with Crippen LogP contribution in [0.15, 0.2) is 33.3 Å². The van der Waals surface area contributed by atoms with E-state index in [0.717, 1.165) is 38.9 Å². The average molecular weight is 418 g/mol. The minimum Gasteiger partial charge on any atom is -0.493 e. The number of ether oxygens (including phenoxy) is 1. The third-order valence-corrected chi connectivity index (χ3v) is 4.39. The predicted molar refractivity (Wildman–Crippen MR) is 90.1 cm³/mol. The Kier molecular flexibility index (Phi) is 5.80. The van der Waals surface area contributed by atoms with E-state index in [-0.39, 0.29) is 6.04 Å². The molecule has 21 heavy (non-hydrogen) atoms. The number of aromatic nitrogens is 2. The molecule has 0 aliphatic carbocycles. The summed E-state index contributed by atoms with van der Waals surface area (Å²) in [6.45, 7) is 2.92. The Labute approximate surface area is 141 Å². The van der Waals surface area contributed by atoms with Crippen LogP contribution in [0.4, 0.5) is 0 Å². The summed E-state index contributed by atoms with van der Waals surface area (Å²) in [5, 5.41) is 4.39. The van der Waals surface area contributed by atoms with Crippen molar-refractivity contribution in [1.82, 2.24) is 15.2 Å². The SMILES string of the molecule is CCCn1ncc(OC)c1C(NN)c1ccc(Br)cc1Br. The molecule has 1 unspecified atom stereocenters. The van der Waals surface area contributed by atoms with E-state index in [2.05, 4.69) is 49.3 Å². The Morgan fingerprint density at radius 1 is 1.43 bits per heavy atom. The first kappa shape index (κ1) is 16.5. The van der Waals surface area contributed by atoms with E-state index in [1.807, 2.05) is 22.9 Å². The lowest BCUT2D eigenvalue weighted by Crippen LogP contribution is -2.31. The molecule has 1 atom stereocenters. The van der Waals surface area contributed by atoms with Gasteiger partial charge in [-0.2, -0.15) is 5.10 Å². The van der Waals surface area contributed by atoms with E-state index in [0.29, 0.717) is 0 Å². The maximum Gasteiger partial charge on any atom is 0.161 e. The average Bonchev–Trinajstić information content (AvgIpc) is 2.85. The highest BCUT2D eigenvalue weighted by Crippen LogP contribution is 2.34. The van der Waals surface area contributed by atoms with Gasteiger partial charge in [-0.3, -0.25) is 10.5 Å². The lowest BCUT2D eigenvalue weighted by atomic mass is 10.0. The maximum absolute atomic E-state index is 5.81. The topological polar surface area (TPSA) is 65.1 Å². The van der Waals surface area contributed by atoms with E-state index in [9.17, 15) is 0 Å². The van der Waals surface area contributed by atoms with Crippen molar-refractivity contribution in [2.45, 2.75) is 25.9 Å². The van der Waals surface area contributed by atoms with E-state index in [4.69, 9.17) is 10.6 Å². The zero-order valence-electron chi connectivity index (χ0n) is 11.9. The maximum atomic E-state index is 5.81. The Balaban J connectivity index is 2.52. The summed E-state index contributed by atoms with van der Waals surface area (Å²) in [5.74, 6) is 6.54. The molecule has 0 radical (unpaired) electrons. The summed E-state index contributed by atoms with van der Waals surface area (Å²) in [6.07, 6.45) is 2.71. The second-order valence-corrected chi connectivity index (χ2v) is 6.36. The van der Waals surface area contributed by atoms with Gasteiger partial charge < -0.3 is 4.74 Å². The van der Waals surface area contributed by atoms with Crippen LogP contribution in [0.3, 0.4) is 0 Å². The number of rotatable bonds is 6. The molecule has 0 aliphatic heterocycles. The van der Waals surface area contributed by atoms with Crippen molar-refractivity contribution < 1.29 is 4.74 Å². The zero-order valence-corrected chi connectivity index (χ0v) is 15.1. The van der Waals surface area contributed by atoms with Gasteiger partial charge in [-0.05, 0) is 24.1 Å². The number of nitrogens with two attached hydrogens (primary N) is 1. The van der Waals surface area contributed by atoms with Crippen LogP contribution in [0, 0.1) is 0 Å². The highest BCUT2D eigenvalue weighted by Gasteiger charge is 2.24. The van der Waals surface area contributed by atoms with E-state index >= 15 is 0 Å². The van der Waals surface area contributed by atoms with Crippen molar-refractivity contribution in [3.63, 3.8) is 0 Å². The predicted octanol–water partition coefficient (Wildman–Crippen LogP) is 3.38.